The second-order valence-corrected chi connectivity index (χ2v) is 6.00. The van der Waals surface area contributed by atoms with Crippen molar-refractivity contribution in [3.63, 3.8) is 0 Å². The van der Waals surface area contributed by atoms with Gasteiger partial charge in [0, 0.05) is 0 Å². The normalized spacial score (nSPS) is 14.7. The average Bonchev–Trinajstić information content (AvgIpc) is 2.56. The van der Waals surface area contributed by atoms with E-state index in [-0.39, 0.29) is 12.3 Å². The Morgan fingerprint density at radius 3 is 2.17 bits per heavy atom. The topological polar surface area (TPSA) is 124 Å². The summed E-state index contributed by atoms with van der Waals surface area (Å²) in [6.45, 7) is 2.73. The van der Waals surface area contributed by atoms with Gasteiger partial charge in [0.2, 0.25) is 5.91 Å². The quantitative estimate of drug-likeness (QED) is 0.520. The van der Waals surface area contributed by atoms with E-state index >= 15 is 0 Å². The van der Waals surface area contributed by atoms with Crippen molar-refractivity contribution in [3.8, 4) is 0 Å². The molecule has 0 aliphatic rings. The number of carbonyl (C=O) groups excluding carboxylic acids is 2. The number of carboxylic acids is 1. The lowest BCUT2D eigenvalue weighted by molar-refractivity contribution is -0.145. The lowest BCUT2D eigenvalue weighted by atomic mass is 9.89. The summed E-state index contributed by atoms with van der Waals surface area (Å²) in [7, 11) is 0. The summed E-state index contributed by atoms with van der Waals surface area (Å²) in [6, 6.07) is 6.85. The molecule has 0 saturated heterocycles. The van der Waals surface area contributed by atoms with Gasteiger partial charge in [-0.05, 0) is 17.9 Å². The molecule has 1 rings (SSSR count). The monoisotopic (exact) mass is 337 g/mol. The van der Waals surface area contributed by atoms with Crippen LogP contribution in [-0.2, 0) is 14.4 Å². The Hall–Kier alpha value is -2.25. The number of carboxylic acid groups (broad SMARTS) is 1. The summed E-state index contributed by atoms with van der Waals surface area (Å²) in [6.07, 6.45) is -1.50. The molecular formula is C17H23NO6. The summed E-state index contributed by atoms with van der Waals surface area (Å²) in [5, 5.41) is 30.6. The van der Waals surface area contributed by atoms with Crippen LogP contribution in [0, 0.1) is 11.8 Å². The Morgan fingerprint density at radius 2 is 1.71 bits per heavy atom. The molecule has 1 aromatic rings. The van der Waals surface area contributed by atoms with Crippen LogP contribution in [-0.4, -0.2) is 45.7 Å². The minimum absolute atomic E-state index is 0.0121. The van der Waals surface area contributed by atoms with Gasteiger partial charge in [0.1, 0.15) is 12.7 Å². The van der Waals surface area contributed by atoms with E-state index in [0.29, 0.717) is 5.56 Å². The maximum atomic E-state index is 12.5. The highest BCUT2D eigenvalue weighted by Crippen LogP contribution is 2.20. The molecule has 4 N–H and O–H groups in total. The number of benzene rings is 1. The minimum atomic E-state index is -1.68. The molecule has 0 spiro atoms. The number of rotatable bonds is 9. The number of Topliss-reactive ketones (excluding diaryl/α,β-unsaturated/α-hetero) is 1. The minimum Gasteiger partial charge on any atom is -0.479 e. The zero-order valence-corrected chi connectivity index (χ0v) is 13.7. The fraction of sp³-hybridized carbons (Fsp3) is 0.471. The van der Waals surface area contributed by atoms with Gasteiger partial charge in [0.25, 0.3) is 0 Å². The van der Waals surface area contributed by atoms with Crippen molar-refractivity contribution >= 4 is 17.7 Å². The van der Waals surface area contributed by atoms with Crippen LogP contribution < -0.4 is 5.32 Å². The van der Waals surface area contributed by atoms with Crippen molar-refractivity contribution in [1.29, 1.82) is 0 Å². The fourth-order valence-electron chi connectivity index (χ4n) is 2.39. The molecule has 0 aliphatic carbocycles. The van der Waals surface area contributed by atoms with Gasteiger partial charge < -0.3 is 20.6 Å². The van der Waals surface area contributed by atoms with Gasteiger partial charge in [-0.15, -0.1) is 0 Å². The first kappa shape index (κ1) is 19.8. The van der Waals surface area contributed by atoms with Crippen LogP contribution >= 0.6 is 0 Å². The van der Waals surface area contributed by atoms with Crippen LogP contribution in [0.5, 0.6) is 0 Å². The van der Waals surface area contributed by atoms with Gasteiger partial charge >= 0.3 is 5.97 Å². The Kier molecular flexibility index (Phi) is 7.54. The van der Waals surface area contributed by atoms with Crippen molar-refractivity contribution in [2.75, 3.05) is 6.61 Å². The van der Waals surface area contributed by atoms with Gasteiger partial charge in [0.15, 0.2) is 11.8 Å². The number of hydrogen-bond acceptors (Lipinski definition) is 5. The lowest BCUT2D eigenvalue weighted by Crippen LogP contribution is -2.45. The molecule has 0 radical (unpaired) electrons. The molecule has 0 saturated carbocycles. The number of aliphatic carboxylic acids is 1. The van der Waals surface area contributed by atoms with E-state index in [2.05, 4.69) is 5.32 Å². The van der Waals surface area contributed by atoms with E-state index in [1.807, 2.05) is 13.8 Å². The smallest absolute Gasteiger partial charge is 0.330 e. The Labute approximate surface area is 140 Å². The molecule has 7 nitrogen and oxygen atoms in total. The largest absolute Gasteiger partial charge is 0.479 e. The molecule has 0 unspecified atom stereocenters. The number of amides is 1. The van der Waals surface area contributed by atoms with Gasteiger partial charge in [-0.25, -0.2) is 4.79 Å². The molecule has 0 aliphatic heterocycles. The third-order valence-electron chi connectivity index (χ3n) is 3.60. The first-order valence-electron chi connectivity index (χ1n) is 7.67. The predicted octanol–water partition coefficient (Wildman–Crippen LogP) is 0.513. The molecule has 3 atom stereocenters. The Balaban J connectivity index is 3.00. The second-order valence-electron chi connectivity index (χ2n) is 6.00. The first-order valence-corrected chi connectivity index (χ1v) is 7.67. The van der Waals surface area contributed by atoms with E-state index in [1.165, 1.54) is 0 Å². The second kappa shape index (κ2) is 9.14. The summed E-state index contributed by atoms with van der Waals surface area (Å²) in [4.78, 5) is 35.4. The van der Waals surface area contributed by atoms with E-state index in [9.17, 15) is 24.6 Å². The maximum absolute atomic E-state index is 12.5. The molecule has 24 heavy (non-hydrogen) atoms. The zero-order chi connectivity index (χ0) is 18.3. The van der Waals surface area contributed by atoms with Crippen molar-refractivity contribution in [2.24, 2.45) is 11.8 Å². The SMILES string of the molecule is CC(C)C[C@@H](C(=O)N[C@H](C(=O)O)c1ccccc1)[C@H](O)C(=O)CO. The van der Waals surface area contributed by atoms with E-state index in [4.69, 9.17) is 5.11 Å². The average molecular weight is 337 g/mol. The molecule has 0 heterocycles. The molecule has 1 aromatic carbocycles. The summed E-state index contributed by atoms with van der Waals surface area (Å²) in [5.74, 6) is -4.01. The zero-order valence-electron chi connectivity index (χ0n) is 13.7. The molecule has 0 bridgehead atoms. The number of aliphatic hydroxyl groups excluding tert-OH is 2. The van der Waals surface area contributed by atoms with E-state index in [1.54, 1.807) is 30.3 Å². The summed E-state index contributed by atoms with van der Waals surface area (Å²) < 4.78 is 0. The highest BCUT2D eigenvalue weighted by molar-refractivity contribution is 5.92. The number of carbonyl (C=O) groups is 3. The third-order valence-corrected chi connectivity index (χ3v) is 3.60. The van der Waals surface area contributed by atoms with Crippen molar-refractivity contribution in [3.05, 3.63) is 35.9 Å². The highest BCUT2D eigenvalue weighted by atomic mass is 16.4. The van der Waals surface area contributed by atoms with Crippen LogP contribution in [0.25, 0.3) is 0 Å². The molecule has 0 aromatic heterocycles. The van der Waals surface area contributed by atoms with Crippen LogP contribution in [0.2, 0.25) is 0 Å². The van der Waals surface area contributed by atoms with Crippen molar-refractivity contribution < 1.29 is 29.7 Å². The van der Waals surface area contributed by atoms with Crippen molar-refractivity contribution in [2.45, 2.75) is 32.4 Å². The maximum Gasteiger partial charge on any atom is 0.330 e. The Morgan fingerprint density at radius 1 is 1.12 bits per heavy atom. The van der Waals surface area contributed by atoms with Crippen LogP contribution in [0.15, 0.2) is 30.3 Å². The number of hydrogen-bond donors (Lipinski definition) is 4. The lowest BCUT2D eigenvalue weighted by Gasteiger charge is -2.24. The molecule has 1 amide bonds. The first-order chi connectivity index (χ1) is 11.3. The third kappa shape index (κ3) is 5.43. The van der Waals surface area contributed by atoms with Gasteiger partial charge in [0.05, 0.1) is 5.92 Å². The van der Waals surface area contributed by atoms with Crippen molar-refractivity contribution in [1.82, 2.24) is 5.32 Å². The highest BCUT2D eigenvalue weighted by Gasteiger charge is 2.34. The number of ketones is 1. The number of nitrogens with one attached hydrogen (secondary N) is 1. The molecule has 0 fully saturated rings. The Bertz CT molecular complexity index is 572. The van der Waals surface area contributed by atoms with Gasteiger partial charge in [-0.2, -0.15) is 0 Å². The summed E-state index contributed by atoms with van der Waals surface area (Å²) in [5.41, 5.74) is 0.379. The number of aliphatic hydroxyl groups is 2. The van der Waals surface area contributed by atoms with Crippen LogP contribution in [0.4, 0.5) is 0 Å². The van der Waals surface area contributed by atoms with Crippen LogP contribution in [0.1, 0.15) is 31.9 Å². The molecule has 7 heteroatoms. The van der Waals surface area contributed by atoms with E-state index in [0.717, 1.165) is 0 Å². The van der Waals surface area contributed by atoms with Crippen LogP contribution in [0.3, 0.4) is 0 Å². The fourth-order valence-corrected chi connectivity index (χ4v) is 2.39. The standard InChI is InChI=1S/C17H23NO6/c1-10(2)8-12(15(21)13(20)9-19)16(22)18-14(17(23)24)11-6-4-3-5-7-11/h3-7,10,12,14-15,19,21H,8-9H2,1-2H3,(H,18,22)(H,23,24)/t12-,14+,15+/m1/s1. The van der Waals surface area contributed by atoms with Gasteiger partial charge in [-0.3, -0.25) is 9.59 Å². The predicted molar refractivity (Wildman–Crippen MR) is 86.0 cm³/mol. The molecule has 132 valence electrons. The summed E-state index contributed by atoms with van der Waals surface area (Å²) >= 11 is 0. The van der Waals surface area contributed by atoms with E-state index < -0.39 is 42.3 Å². The van der Waals surface area contributed by atoms with Gasteiger partial charge in [-0.1, -0.05) is 44.2 Å². The molecular weight excluding hydrogens is 314 g/mol.